The third-order valence-electron chi connectivity index (χ3n) is 2.81. The molecule has 3 nitrogen and oxygen atoms in total. The molecule has 0 radical (unpaired) electrons. The highest BCUT2D eigenvalue weighted by Gasteiger charge is 2.33. The molecule has 112 valence electrons. The molecule has 2 N–H and O–H groups in total. The van der Waals surface area contributed by atoms with Gasteiger partial charge in [-0.1, -0.05) is 25.1 Å². The Morgan fingerprint density at radius 1 is 1.30 bits per heavy atom. The zero-order valence-corrected chi connectivity index (χ0v) is 11.4. The first-order chi connectivity index (χ1) is 9.39. The van der Waals surface area contributed by atoms with Crippen molar-refractivity contribution in [2.45, 2.75) is 25.9 Å². The molecule has 0 fully saturated rings. The second-order valence-electron chi connectivity index (χ2n) is 4.54. The number of amides is 1. The van der Waals surface area contributed by atoms with Gasteiger partial charge in [0.25, 0.3) is 5.91 Å². The summed E-state index contributed by atoms with van der Waals surface area (Å²) in [5.74, 6) is -0.590. The maximum absolute atomic E-state index is 12.5. The van der Waals surface area contributed by atoms with Gasteiger partial charge in [-0.05, 0) is 31.0 Å². The molecule has 1 rings (SSSR count). The first kappa shape index (κ1) is 16.5. The van der Waals surface area contributed by atoms with Gasteiger partial charge in [-0.2, -0.15) is 13.2 Å². The molecule has 0 aliphatic rings. The number of hydrogen-bond donors (Lipinski definition) is 1. The number of nitrogens with two attached hydrogens (primary N) is 1. The number of halogens is 3. The summed E-state index contributed by atoms with van der Waals surface area (Å²) in [6, 6.07) is 6.66. The van der Waals surface area contributed by atoms with Gasteiger partial charge in [0.2, 0.25) is 0 Å². The standard InChI is InChI=1S/C14H19F3N2O/c1-2-9-19(10-14(15,16)17)13(20)12-6-4-3-5-11(12)7-8-18/h3-6H,2,7-10,18H2,1H3. The lowest BCUT2D eigenvalue weighted by Crippen LogP contribution is -2.39. The van der Waals surface area contributed by atoms with Gasteiger partial charge in [-0.15, -0.1) is 0 Å². The summed E-state index contributed by atoms with van der Waals surface area (Å²) in [7, 11) is 0. The zero-order chi connectivity index (χ0) is 15.2. The van der Waals surface area contributed by atoms with Crippen molar-refractivity contribution in [2.24, 2.45) is 5.73 Å². The number of carbonyl (C=O) groups is 1. The molecule has 0 heterocycles. The van der Waals surface area contributed by atoms with Crippen LogP contribution in [0.5, 0.6) is 0 Å². The minimum Gasteiger partial charge on any atom is -0.330 e. The Morgan fingerprint density at radius 2 is 1.95 bits per heavy atom. The molecule has 0 unspecified atom stereocenters. The van der Waals surface area contributed by atoms with Crippen LogP contribution < -0.4 is 5.73 Å². The average Bonchev–Trinajstić information content (AvgIpc) is 2.37. The number of nitrogens with zero attached hydrogens (tertiary/aromatic N) is 1. The Balaban J connectivity index is 3.00. The summed E-state index contributed by atoms with van der Waals surface area (Å²) >= 11 is 0. The maximum Gasteiger partial charge on any atom is 0.406 e. The van der Waals surface area contributed by atoms with E-state index >= 15 is 0 Å². The van der Waals surface area contributed by atoms with Crippen molar-refractivity contribution in [2.75, 3.05) is 19.6 Å². The minimum atomic E-state index is -4.40. The molecule has 1 amide bonds. The van der Waals surface area contributed by atoms with E-state index in [1.165, 1.54) is 0 Å². The summed E-state index contributed by atoms with van der Waals surface area (Å²) in [5.41, 5.74) is 6.45. The summed E-state index contributed by atoms with van der Waals surface area (Å²) in [6.07, 6.45) is -3.46. The molecular weight excluding hydrogens is 269 g/mol. The van der Waals surface area contributed by atoms with Crippen LogP contribution in [0.2, 0.25) is 0 Å². The van der Waals surface area contributed by atoms with Gasteiger partial charge in [0.1, 0.15) is 6.54 Å². The first-order valence-corrected chi connectivity index (χ1v) is 6.53. The monoisotopic (exact) mass is 288 g/mol. The van der Waals surface area contributed by atoms with Crippen LogP contribution in [0.1, 0.15) is 29.3 Å². The Morgan fingerprint density at radius 3 is 2.50 bits per heavy atom. The van der Waals surface area contributed by atoms with E-state index in [4.69, 9.17) is 5.73 Å². The van der Waals surface area contributed by atoms with Gasteiger partial charge in [0, 0.05) is 12.1 Å². The highest BCUT2D eigenvalue weighted by atomic mass is 19.4. The lowest BCUT2D eigenvalue weighted by atomic mass is 10.0. The van der Waals surface area contributed by atoms with Crippen LogP contribution in [0, 0.1) is 0 Å². The number of hydrogen-bond acceptors (Lipinski definition) is 2. The Bertz CT molecular complexity index is 446. The maximum atomic E-state index is 12.5. The fourth-order valence-electron chi connectivity index (χ4n) is 2.01. The summed E-state index contributed by atoms with van der Waals surface area (Å²) < 4.78 is 37.6. The van der Waals surface area contributed by atoms with Crippen LogP contribution in [-0.4, -0.2) is 36.6 Å². The summed E-state index contributed by atoms with van der Waals surface area (Å²) in [6.45, 7) is 0.936. The van der Waals surface area contributed by atoms with Gasteiger partial charge in [0.05, 0.1) is 0 Å². The Labute approximate surface area is 116 Å². The van der Waals surface area contributed by atoms with Crippen molar-refractivity contribution in [3.05, 3.63) is 35.4 Å². The topological polar surface area (TPSA) is 46.3 Å². The predicted octanol–water partition coefficient (Wildman–Crippen LogP) is 2.60. The van der Waals surface area contributed by atoms with E-state index in [2.05, 4.69) is 0 Å². The van der Waals surface area contributed by atoms with E-state index in [0.29, 0.717) is 30.5 Å². The molecule has 0 aliphatic carbocycles. The number of rotatable bonds is 6. The molecule has 0 aliphatic heterocycles. The molecule has 1 aromatic carbocycles. The second kappa shape index (κ2) is 7.28. The number of benzene rings is 1. The fourth-order valence-corrected chi connectivity index (χ4v) is 2.01. The smallest absolute Gasteiger partial charge is 0.330 e. The van der Waals surface area contributed by atoms with Crippen molar-refractivity contribution < 1.29 is 18.0 Å². The van der Waals surface area contributed by atoms with E-state index in [1.807, 2.05) is 0 Å². The predicted molar refractivity (Wildman–Crippen MR) is 71.4 cm³/mol. The Hall–Kier alpha value is -1.56. The molecule has 0 bridgehead atoms. The minimum absolute atomic E-state index is 0.0787. The van der Waals surface area contributed by atoms with Crippen molar-refractivity contribution >= 4 is 5.91 Å². The third-order valence-corrected chi connectivity index (χ3v) is 2.81. The molecule has 0 atom stereocenters. The van der Waals surface area contributed by atoms with Crippen LogP contribution in [0.15, 0.2) is 24.3 Å². The van der Waals surface area contributed by atoms with Crippen LogP contribution in [0.3, 0.4) is 0 Å². The molecule has 1 aromatic rings. The largest absolute Gasteiger partial charge is 0.406 e. The molecule has 0 saturated heterocycles. The number of carbonyl (C=O) groups excluding carboxylic acids is 1. The van der Waals surface area contributed by atoms with Crippen molar-refractivity contribution in [3.8, 4) is 0 Å². The normalized spacial score (nSPS) is 11.4. The van der Waals surface area contributed by atoms with E-state index in [-0.39, 0.29) is 6.54 Å². The average molecular weight is 288 g/mol. The third kappa shape index (κ3) is 4.85. The summed E-state index contributed by atoms with van der Waals surface area (Å²) in [4.78, 5) is 13.1. The van der Waals surface area contributed by atoms with Crippen LogP contribution >= 0.6 is 0 Å². The highest BCUT2D eigenvalue weighted by Crippen LogP contribution is 2.20. The van der Waals surface area contributed by atoms with Crippen molar-refractivity contribution in [1.29, 1.82) is 0 Å². The zero-order valence-electron chi connectivity index (χ0n) is 11.4. The lowest BCUT2D eigenvalue weighted by Gasteiger charge is -2.24. The van der Waals surface area contributed by atoms with E-state index < -0.39 is 18.6 Å². The van der Waals surface area contributed by atoms with Crippen LogP contribution in [0.25, 0.3) is 0 Å². The quantitative estimate of drug-likeness (QED) is 0.874. The molecule has 20 heavy (non-hydrogen) atoms. The van der Waals surface area contributed by atoms with Gasteiger partial charge in [-0.25, -0.2) is 0 Å². The molecule has 0 spiro atoms. The molecule has 0 aromatic heterocycles. The molecular formula is C14H19F3N2O. The SMILES string of the molecule is CCCN(CC(F)(F)F)C(=O)c1ccccc1CCN. The van der Waals surface area contributed by atoms with Gasteiger partial charge >= 0.3 is 6.18 Å². The first-order valence-electron chi connectivity index (χ1n) is 6.53. The van der Waals surface area contributed by atoms with E-state index in [0.717, 1.165) is 4.90 Å². The second-order valence-corrected chi connectivity index (χ2v) is 4.54. The molecule has 0 saturated carbocycles. The summed E-state index contributed by atoms with van der Waals surface area (Å²) in [5, 5.41) is 0. The number of alkyl halides is 3. The van der Waals surface area contributed by atoms with Crippen LogP contribution in [-0.2, 0) is 6.42 Å². The lowest BCUT2D eigenvalue weighted by molar-refractivity contribution is -0.140. The van der Waals surface area contributed by atoms with Gasteiger partial charge < -0.3 is 10.6 Å². The van der Waals surface area contributed by atoms with Crippen molar-refractivity contribution in [1.82, 2.24) is 4.90 Å². The van der Waals surface area contributed by atoms with E-state index in [1.54, 1.807) is 31.2 Å². The van der Waals surface area contributed by atoms with Crippen LogP contribution in [0.4, 0.5) is 13.2 Å². The van der Waals surface area contributed by atoms with Gasteiger partial charge in [0.15, 0.2) is 0 Å². The van der Waals surface area contributed by atoms with Crippen molar-refractivity contribution in [3.63, 3.8) is 0 Å². The Kier molecular flexibility index (Phi) is 6.01. The molecule has 6 heteroatoms. The highest BCUT2D eigenvalue weighted by molar-refractivity contribution is 5.95. The fraction of sp³-hybridized carbons (Fsp3) is 0.500. The van der Waals surface area contributed by atoms with E-state index in [9.17, 15) is 18.0 Å². The van der Waals surface area contributed by atoms with Gasteiger partial charge in [-0.3, -0.25) is 4.79 Å².